The topological polar surface area (TPSA) is 72.3 Å². The summed E-state index contributed by atoms with van der Waals surface area (Å²) in [6.07, 6.45) is 0. The molecule has 2 rings (SSSR count). The smallest absolute Gasteiger partial charge is 0.172 e. The van der Waals surface area contributed by atoms with Crippen LogP contribution in [0.5, 0.6) is 5.75 Å². The van der Waals surface area contributed by atoms with Crippen LogP contribution in [0.2, 0.25) is 0 Å². The highest BCUT2D eigenvalue weighted by Crippen LogP contribution is 2.29. The predicted octanol–water partition coefficient (Wildman–Crippen LogP) is 1.91. The van der Waals surface area contributed by atoms with Gasteiger partial charge in [-0.15, -0.1) is 0 Å². The molecule has 3 N–H and O–H groups in total. The van der Waals surface area contributed by atoms with Crippen molar-refractivity contribution in [3.63, 3.8) is 0 Å². The molecular weight excluding hydrogens is 206 g/mol. The van der Waals surface area contributed by atoms with E-state index in [1.165, 1.54) is 6.07 Å². The van der Waals surface area contributed by atoms with E-state index in [1.807, 2.05) is 0 Å². The fraction of sp³-hybridized carbons (Fsp3) is 0. The lowest BCUT2D eigenvalue weighted by Crippen LogP contribution is -1.86. The van der Waals surface area contributed by atoms with Crippen LogP contribution in [0.15, 0.2) is 22.7 Å². The summed E-state index contributed by atoms with van der Waals surface area (Å²) < 4.78 is 30.6. The molecule has 0 amide bonds. The average Bonchev–Trinajstić information content (AvgIpc) is 2.58. The Labute approximate surface area is 82.9 Å². The summed E-state index contributed by atoms with van der Waals surface area (Å²) in [5.41, 5.74) is 5.17. The normalized spacial score (nSPS) is 10.5. The standard InChI is InChI=1S/C9H6F2N2O2/c10-5-2-6(11)7(14)1-4(5)8-3-9(12)13-15-8/h1-3,14H,(H2,12,13). The molecule has 0 spiro atoms. The summed E-state index contributed by atoms with van der Waals surface area (Å²) in [4.78, 5) is 0. The summed E-state index contributed by atoms with van der Waals surface area (Å²) >= 11 is 0. The van der Waals surface area contributed by atoms with Crippen molar-refractivity contribution in [2.45, 2.75) is 0 Å². The van der Waals surface area contributed by atoms with Gasteiger partial charge >= 0.3 is 0 Å². The van der Waals surface area contributed by atoms with Gasteiger partial charge in [-0.25, -0.2) is 8.78 Å². The number of phenols is 1. The summed E-state index contributed by atoms with van der Waals surface area (Å²) in [5.74, 6) is -2.46. The summed E-state index contributed by atoms with van der Waals surface area (Å²) in [7, 11) is 0. The quantitative estimate of drug-likeness (QED) is 0.757. The van der Waals surface area contributed by atoms with Crippen LogP contribution in [0.1, 0.15) is 0 Å². The van der Waals surface area contributed by atoms with Gasteiger partial charge in [0, 0.05) is 12.1 Å². The molecule has 0 fully saturated rings. The summed E-state index contributed by atoms with van der Waals surface area (Å²) in [6.45, 7) is 0. The number of nitrogens with two attached hydrogens (primary N) is 1. The number of benzene rings is 1. The molecule has 0 saturated heterocycles. The molecule has 0 saturated carbocycles. The molecule has 4 nitrogen and oxygen atoms in total. The van der Waals surface area contributed by atoms with Crippen molar-refractivity contribution in [1.82, 2.24) is 5.16 Å². The van der Waals surface area contributed by atoms with Crippen molar-refractivity contribution in [2.75, 3.05) is 5.73 Å². The summed E-state index contributed by atoms with van der Waals surface area (Å²) in [5, 5.41) is 12.4. The van der Waals surface area contributed by atoms with Crippen molar-refractivity contribution in [1.29, 1.82) is 0 Å². The van der Waals surface area contributed by atoms with Crippen molar-refractivity contribution in [3.8, 4) is 17.1 Å². The molecule has 0 radical (unpaired) electrons. The van der Waals surface area contributed by atoms with Crippen LogP contribution in [0.4, 0.5) is 14.6 Å². The first-order chi connectivity index (χ1) is 7.08. The first-order valence-electron chi connectivity index (χ1n) is 3.98. The molecule has 1 heterocycles. The average molecular weight is 212 g/mol. The van der Waals surface area contributed by atoms with E-state index in [2.05, 4.69) is 9.68 Å². The molecule has 2 aromatic rings. The van der Waals surface area contributed by atoms with E-state index in [0.29, 0.717) is 6.07 Å². The van der Waals surface area contributed by atoms with E-state index in [1.54, 1.807) is 0 Å². The monoisotopic (exact) mass is 212 g/mol. The van der Waals surface area contributed by atoms with E-state index in [4.69, 9.17) is 10.8 Å². The second-order valence-corrected chi connectivity index (χ2v) is 2.90. The lowest BCUT2D eigenvalue weighted by Gasteiger charge is -2.00. The molecule has 0 unspecified atom stereocenters. The van der Waals surface area contributed by atoms with Gasteiger partial charge in [-0.3, -0.25) is 0 Å². The number of aromatic nitrogens is 1. The number of hydrogen-bond donors (Lipinski definition) is 2. The molecule has 1 aromatic heterocycles. The lowest BCUT2D eigenvalue weighted by molar-refractivity contribution is 0.421. The third kappa shape index (κ3) is 1.61. The van der Waals surface area contributed by atoms with Crippen LogP contribution in [-0.2, 0) is 0 Å². The summed E-state index contributed by atoms with van der Waals surface area (Å²) in [6, 6.07) is 2.74. The molecule has 1 aromatic carbocycles. The Hall–Kier alpha value is -2.11. The zero-order valence-electron chi connectivity index (χ0n) is 7.37. The first kappa shape index (κ1) is 9.45. The highest BCUT2D eigenvalue weighted by molar-refractivity contribution is 5.62. The Morgan fingerprint density at radius 2 is 1.93 bits per heavy atom. The number of anilines is 1. The molecule has 0 bridgehead atoms. The molecule has 0 aliphatic carbocycles. The molecule has 15 heavy (non-hydrogen) atoms. The van der Waals surface area contributed by atoms with E-state index in [-0.39, 0.29) is 17.1 Å². The van der Waals surface area contributed by atoms with Gasteiger partial charge in [0.05, 0.1) is 5.56 Å². The SMILES string of the molecule is Nc1cc(-c2cc(O)c(F)cc2F)on1. The molecule has 0 atom stereocenters. The maximum atomic E-state index is 13.2. The number of hydrogen-bond acceptors (Lipinski definition) is 4. The van der Waals surface area contributed by atoms with Crippen LogP contribution in [0, 0.1) is 11.6 Å². The van der Waals surface area contributed by atoms with Gasteiger partial charge in [-0.05, 0) is 6.07 Å². The van der Waals surface area contributed by atoms with E-state index >= 15 is 0 Å². The predicted molar refractivity (Wildman–Crippen MR) is 47.9 cm³/mol. The van der Waals surface area contributed by atoms with E-state index in [0.717, 1.165) is 6.07 Å². The van der Waals surface area contributed by atoms with Gasteiger partial charge in [0.2, 0.25) is 0 Å². The second-order valence-electron chi connectivity index (χ2n) is 2.90. The third-order valence-corrected chi connectivity index (χ3v) is 1.83. The Morgan fingerprint density at radius 1 is 1.20 bits per heavy atom. The number of nitrogens with zero attached hydrogens (tertiary/aromatic N) is 1. The minimum absolute atomic E-state index is 0.0281. The van der Waals surface area contributed by atoms with Crippen LogP contribution in [-0.4, -0.2) is 10.3 Å². The van der Waals surface area contributed by atoms with Crippen LogP contribution in [0.3, 0.4) is 0 Å². The Bertz CT molecular complexity index is 511. The fourth-order valence-corrected chi connectivity index (χ4v) is 1.14. The molecule has 78 valence electrons. The highest BCUT2D eigenvalue weighted by Gasteiger charge is 2.14. The van der Waals surface area contributed by atoms with Gasteiger partial charge in [0.25, 0.3) is 0 Å². The van der Waals surface area contributed by atoms with Gasteiger partial charge in [-0.2, -0.15) is 0 Å². The molecular formula is C9H6F2N2O2. The minimum Gasteiger partial charge on any atom is -0.505 e. The number of halogens is 2. The van der Waals surface area contributed by atoms with Crippen molar-refractivity contribution in [3.05, 3.63) is 29.8 Å². The Balaban J connectivity index is 2.58. The van der Waals surface area contributed by atoms with Crippen molar-refractivity contribution in [2.24, 2.45) is 0 Å². The Morgan fingerprint density at radius 3 is 2.53 bits per heavy atom. The van der Waals surface area contributed by atoms with Gasteiger partial charge in [-0.1, -0.05) is 5.16 Å². The lowest BCUT2D eigenvalue weighted by atomic mass is 10.1. The van der Waals surface area contributed by atoms with Crippen LogP contribution >= 0.6 is 0 Å². The zero-order valence-corrected chi connectivity index (χ0v) is 7.37. The van der Waals surface area contributed by atoms with E-state index < -0.39 is 17.4 Å². The number of rotatable bonds is 1. The van der Waals surface area contributed by atoms with Gasteiger partial charge < -0.3 is 15.4 Å². The maximum Gasteiger partial charge on any atom is 0.172 e. The second kappa shape index (κ2) is 3.23. The van der Waals surface area contributed by atoms with Crippen molar-refractivity contribution >= 4 is 5.82 Å². The minimum atomic E-state index is -1.04. The fourth-order valence-electron chi connectivity index (χ4n) is 1.14. The largest absolute Gasteiger partial charge is 0.505 e. The van der Waals surface area contributed by atoms with Crippen LogP contribution < -0.4 is 5.73 Å². The van der Waals surface area contributed by atoms with E-state index in [9.17, 15) is 8.78 Å². The number of aromatic hydroxyl groups is 1. The van der Waals surface area contributed by atoms with Gasteiger partial charge in [0.1, 0.15) is 5.82 Å². The zero-order chi connectivity index (χ0) is 11.0. The number of nitrogen functional groups attached to an aromatic ring is 1. The first-order valence-corrected chi connectivity index (χ1v) is 3.98. The Kier molecular flexibility index (Phi) is 2.03. The highest BCUT2D eigenvalue weighted by atomic mass is 19.1. The molecule has 6 heteroatoms. The number of phenolic OH excluding ortho intramolecular Hbond substituents is 1. The van der Waals surface area contributed by atoms with Gasteiger partial charge in [0.15, 0.2) is 23.1 Å². The molecule has 0 aliphatic rings. The third-order valence-electron chi connectivity index (χ3n) is 1.83. The van der Waals surface area contributed by atoms with Crippen LogP contribution in [0.25, 0.3) is 11.3 Å². The maximum absolute atomic E-state index is 13.2. The molecule has 0 aliphatic heterocycles. The van der Waals surface area contributed by atoms with Crippen molar-refractivity contribution < 1.29 is 18.4 Å².